The van der Waals surface area contributed by atoms with Crippen LogP contribution in [0.4, 0.5) is 0 Å². The molecule has 2 rings (SSSR count). The first-order chi connectivity index (χ1) is 8.36. The molecule has 98 valence electrons. The SMILES string of the molecule is Cn1nnnc1SCCNCc1ccccn1.[Cl-]. The summed E-state index contributed by atoms with van der Waals surface area (Å²) in [5.41, 5.74) is 1.05. The van der Waals surface area contributed by atoms with E-state index in [0.717, 1.165) is 29.7 Å². The molecular formula is C10H14ClN6S-. The molecular weight excluding hydrogens is 272 g/mol. The Morgan fingerprint density at radius 1 is 1.39 bits per heavy atom. The van der Waals surface area contributed by atoms with Crippen molar-refractivity contribution in [1.82, 2.24) is 30.5 Å². The second-order valence-electron chi connectivity index (χ2n) is 3.43. The molecule has 2 aromatic rings. The monoisotopic (exact) mass is 285 g/mol. The number of thioether (sulfide) groups is 1. The summed E-state index contributed by atoms with van der Waals surface area (Å²) in [7, 11) is 1.84. The number of nitrogens with zero attached hydrogens (tertiary/aromatic N) is 5. The van der Waals surface area contributed by atoms with Gasteiger partial charge in [-0.05, 0) is 22.6 Å². The summed E-state index contributed by atoms with van der Waals surface area (Å²) in [6, 6.07) is 5.91. The number of hydrogen-bond acceptors (Lipinski definition) is 6. The first-order valence-corrected chi connectivity index (χ1v) is 6.30. The van der Waals surface area contributed by atoms with E-state index in [1.54, 1.807) is 22.6 Å². The van der Waals surface area contributed by atoms with Gasteiger partial charge in [-0.1, -0.05) is 17.8 Å². The lowest BCUT2D eigenvalue weighted by Gasteiger charge is -2.03. The summed E-state index contributed by atoms with van der Waals surface area (Å²) in [4.78, 5) is 4.23. The third-order valence-corrected chi connectivity index (χ3v) is 3.14. The van der Waals surface area contributed by atoms with E-state index in [0.29, 0.717) is 0 Å². The Bertz CT molecular complexity index is 449. The van der Waals surface area contributed by atoms with Crippen molar-refractivity contribution in [2.45, 2.75) is 11.7 Å². The lowest BCUT2D eigenvalue weighted by Crippen LogP contribution is -3.00. The Morgan fingerprint density at radius 2 is 2.28 bits per heavy atom. The Labute approximate surface area is 116 Å². The van der Waals surface area contributed by atoms with E-state index in [2.05, 4.69) is 25.8 Å². The number of hydrogen-bond donors (Lipinski definition) is 1. The van der Waals surface area contributed by atoms with Crippen LogP contribution in [0.15, 0.2) is 29.6 Å². The van der Waals surface area contributed by atoms with E-state index in [4.69, 9.17) is 0 Å². The van der Waals surface area contributed by atoms with Crippen LogP contribution in [0.3, 0.4) is 0 Å². The minimum atomic E-state index is 0. The Morgan fingerprint density at radius 3 is 2.94 bits per heavy atom. The summed E-state index contributed by atoms with van der Waals surface area (Å²) in [5, 5.41) is 15.4. The standard InChI is InChI=1S/C10H14N6S.ClH/c1-16-10(13-14-15-16)17-7-6-11-8-9-4-2-3-5-12-9;/h2-5,11H,6-8H2,1H3;1H/p-1. The molecule has 18 heavy (non-hydrogen) atoms. The topological polar surface area (TPSA) is 68.5 Å². The molecule has 0 aliphatic heterocycles. The van der Waals surface area contributed by atoms with Crippen molar-refractivity contribution in [3.05, 3.63) is 30.1 Å². The van der Waals surface area contributed by atoms with Gasteiger partial charge >= 0.3 is 0 Å². The summed E-state index contributed by atoms with van der Waals surface area (Å²) >= 11 is 1.63. The van der Waals surface area contributed by atoms with Crippen LogP contribution in [-0.4, -0.2) is 37.5 Å². The van der Waals surface area contributed by atoms with Crippen LogP contribution >= 0.6 is 11.8 Å². The molecule has 0 atom stereocenters. The number of aryl methyl sites for hydroxylation is 1. The minimum absolute atomic E-state index is 0. The van der Waals surface area contributed by atoms with Crippen molar-refractivity contribution in [2.75, 3.05) is 12.3 Å². The van der Waals surface area contributed by atoms with Gasteiger partial charge < -0.3 is 17.7 Å². The van der Waals surface area contributed by atoms with E-state index in [-0.39, 0.29) is 12.4 Å². The van der Waals surface area contributed by atoms with E-state index < -0.39 is 0 Å². The van der Waals surface area contributed by atoms with Crippen LogP contribution in [-0.2, 0) is 13.6 Å². The first-order valence-electron chi connectivity index (χ1n) is 5.32. The van der Waals surface area contributed by atoms with E-state index >= 15 is 0 Å². The number of nitrogens with one attached hydrogen (secondary N) is 1. The zero-order chi connectivity index (χ0) is 11.9. The van der Waals surface area contributed by atoms with E-state index in [1.165, 1.54) is 0 Å². The quantitative estimate of drug-likeness (QED) is 0.467. The number of rotatable bonds is 6. The molecule has 0 aliphatic carbocycles. The molecule has 0 aromatic carbocycles. The molecule has 0 spiro atoms. The molecule has 6 nitrogen and oxygen atoms in total. The van der Waals surface area contributed by atoms with Crippen molar-refractivity contribution in [2.24, 2.45) is 7.05 Å². The van der Waals surface area contributed by atoms with Gasteiger partial charge in [0.05, 0.1) is 5.69 Å². The summed E-state index contributed by atoms with van der Waals surface area (Å²) in [6.45, 7) is 1.69. The van der Waals surface area contributed by atoms with Crippen molar-refractivity contribution >= 4 is 11.8 Å². The van der Waals surface area contributed by atoms with Crippen LogP contribution in [0.1, 0.15) is 5.69 Å². The average Bonchev–Trinajstić information content (AvgIpc) is 2.76. The van der Waals surface area contributed by atoms with Gasteiger partial charge in [-0.15, -0.1) is 5.10 Å². The van der Waals surface area contributed by atoms with Crippen LogP contribution in [0, 0.1) is 0 Å². The highest BCUT2D eigenvalue weighted by atomic mass is 35.5. The maximum Gasteiger partial charge on any atom is 0.209 e. The number of halogens is 1. The van der Waals surface area contributed by atoms with Crippen molar-refractivity contribution in [3.8, 4) is 0 Å². The van der Waals surface area contributed by atoms with Gasteiger partial charge in [0.1, 0.15) is 0 Å². The highest BCUT2D eigenvalue weighted by Gasteiger charge is 2.01. The zero-order valence-electron chi connectivity index (χ0n) is 9.95. The van der Waals surface area contributed by atoms with Gasteiger partial charge in [-0.3, -0.25) is 4.98 Å². The summed E-state index contributed by atoms with van der Waals surface area (Å²) in [5.74, 6) is 0.932. The molecule has 0 fully saturated rings. The highest BCUT2D eigenvalue weighted by Crippen LogP contribution is 2.10. The van der Waals surface area contributed by atoms with Gasteiger partial charge in [0.15, 0.2) is 0 Å². The van der Waals surface area contributed by atoms with Crippen molar-refractivity contribution < 1.29 is 12.4 Å². The maximum atomic E-state index is 4.23. The Hall–Kier alpha value is -1.18. The fourth-order valence-electron chi connectivity index (χ4n) is 1.28. The van der Waals surface area contributed by atoms with Gasteiger partial charge in [0.2, 0.25) is 5.16 Å². The fourth-order valence-corrected chi connectivity index (χ4v) is 2.02. The molecule has 0 aliphatic rings. The fraction of sp³-hybridized carbons (Fsp3) is 0.400. The Balaban J connectivity index is 0.00000162. The molecule has 1 N–H and O–H groups in total. The zero-order valence-corrected chi connectivity index (χ0v) is 11.5. The largest absolute Gasteiger partial charge is 1.00 e. The molecule has 0 amide bonds. The first kappa shape index (κ1) is 14.9. The van der Waals surface area contributed by atoms with E-state index in [1.807, 2.05) is 25.2 Å². The van der Waals surface area contributed by atoms with E-state index in [9.17, 15) is 0 Å². The second-order valence-corrected chi connectivity index (χ2v) is 4.49. The summed E-state index contributed by atoms with van der Waals surface area (Å²) in [6.07, 6.45) is 1.80. The molecule has 2 heterocycles. The van der Waals surface area contributed by atoms with Crippen molar-refractivity contribution in [3.63, 3.8) is 0 Å². The number of aromatic nitrogens is 5. The van der Waals surface area contributed by atoms with Crippen LogP contribution in [0.5, 0.6) is 0 Å². The van der Waals surface area contributed by atoms with Gasteiger partial charge in [0.25, 0.3) is 0 Å². The average molecular weight is 286 g/mol. The molecule has 8 heteroatoms. The Kier molecular flexibility index (Phi) is 6.63. The normalized spacial score (nSPS) is 10.1. The summed E-state index contributed by atoms with van der Waals surface area (Å²) < 4.78 is 1.67. The maximum absolute atomic E-state index is 4.23. The van der Waals surface area contributed by atoms with Gasteiger partial charge in [0, 0.05) is 32.1 Å². The predicted molar refractivity (Wildman–Crippen MR) is 65.5 cm³/mol. The third kappa shape index (κ3) is 4.59. The van der Waals surface area contributed by atoms with Gasteiger partial charge in [-0.2, -0.15) is 0 Å². The molecule has 0 unspecified atom stereocenters. The number of pyridine rings is 1. The molecule has 2 aromatic heterocycles. The predicted octanol–water partition coefficient (Wildman–Crippen LogP) is -2.51. The van der Waals surface area contributed by atoms with Crippen LogP contribution in [0.25, 0.3) is 0 Å². The van der Waals surface area contributed by atoms with Crippen molar-refractivity contribution in [1.29, 1.82) is 0 Å². The minimum Gasteiger partial charge on any atom is -1.00 e. The third-order valence-electron chi connectivity index (χ3n) is 2.12. The van der Waals surface area contributed by atoms with Gasteiger partial charge in [-0.25, -0.2) is 4.68 Å². The highest BCUT2D eigenvalue weighted by molar-refractivity contribution is 7.99. The molecule has 0 saturated heterocycles. The lowest BCUT2D eigenvalue weighted by atomic mass is 10.3. The number of tetrazole rings is 1. The second kappa shape index (κ2) is 8.02. The lowest BCUT2D eigenvalue weighted by molar-refractivity contribution is -0.00000381. The van der Waals surface area contributed by atoms with Crippen LogP contribution < -0.4 is 17.7 Å². The molecule has 0 bridgehead atoms. The van der Waals surface area contributed by atoms with Crippen LogP contribution in [0.2, 0.25) is 0 Å². The molecule has 0 saturated carbocycles. The smallest absolute Gasteiger partial charge is 0.209 e. The molecule has 0 radical (unpaired) electrons.